The van der Waals surface area contributed by atoms with E-state index in [1.165, 1.54) is 7.11 Å². The molecule has 0 unspecified atom stereocenters. The van der Waals surface area contributed by atoms with Crippen LogP contribution in [0.1, 0.15) is 51.5 Å². The minimum Gasteiger partial charge on any atom is -0.504 e. The Balaban J connectivity index is 2.17. The average molecular weight is 319 g/mol. The quantitative estimate of drug-likeness (QED) is 0.502. The summed E-state index contributed by atoms with van der Waals surface area (Å²) < 4.78 is 5.05. The fourth-order valence-electron chi connectivity index (χ4n) is 2.21. The molecular formula is C19H29NO3. The molecule has 0 saturated carbocycles. The summed E-state index contributed by atoms with van der Waals surface area (Å²) in [6, 6.07) is 5.08. The minimum absolute atomic E-state index is 0.0646. The van der Waals surface area contributed by atoms with Crippen molar-refractivity contribution in [3.8, 4) is 11.5 Å². The van der Waals surface area contributed by atoms with Gasteiger partial charge in [0, 0.05) is 13.0 Å². The van der Waals surface area contributed by atoms with E-state index in [9.17, 15) is 9.90 Å². The molecule has 1 aromatic rings. The molecule has 0 aliphatic rings. The molecule has 1 rings (SSSR count). The zero-order chi connectivity index (χ0) is 17.1. The summed E-state index contributed by atoms with van der Waals surface area (Å²) >= 11 is 0. The molecule has 4 nitrogen and oxygen atoms in total. The molecule has 0 heterocycles. The molecule has 0 aliphatic heterocycles. The second kappa shape index (κ2) is 10.7. The molecular weight excluding hydrogens is 290 g/mol. The summed E-state index contributed by atoms with van der Waals surface area (Å²) in [4.78, 5) is 11.8. The first-order valence-electron chi connectivity index (χ1n) is 8.32. The van der Waals surface area contributed by atoms with Gasteiger partial charge in [-0.15, -0.1) is 0 Å². The third-order valence-electron chi connectivity index (χ3n) is 3.53. The van der Waals surface area contributed by atoms with Crippen molar-refractivity contribution in [3.05, 3.63) is 35.9 Å². The molecule has 128 valence electrons. The van der Waals surface area contributed by atoms with Gasteiger partial charge in [0.1, 0.15) is 0 Å². The second-order valence-electron chi connectivity index (χ2n) is 6.05. The van der Waals surface area contributed by atoms with E-state index in [4.69, 9.17) is 4.74 Å². The van der Waals surface area contributed by atoms with Crippen molar-refractivity contribution < 1.29 is 14.6 Å². The Morgan fingerprint density at radius 2 is 2.09 bits per heavy atom. The number of rotatable bonds is 10. The molecule has 4 heteroatoms. The number of benzene rings is 1. The van der Waals surface area contributed by atoms with Gasteiger partial charge in [-0.2, -0.15) is 0 Å². The van der Waals surface area contributed by atoms with Crippen molar-refractivity contribution in [1.82, 2.24) is 5.32 Å². The molecule has 0 radical (unpaired) electrons. The van der Waals surface area contributed by atoms with E-state index in [0.717, 1.165) is 31.2 Å². The molecule has 1 aromatic carbocycles. The summed E-state index contributed by atoms with van der Waals surface area (Å²) in [7, 11) is 1.51. The van der Waals surface area contributed by atoms with Gasteiger partial charge in [-0.05, 0) is 42.9 Å². The lowest BCUT2D eigenvalue weighted by Gasteiger charge is -2.08. The summed E-state index contributed by atoms with van der Waals surface area (Å²) in [5, 5.41) is 12.4. The Bertz CT molecular complexity index is 509. The normalized spacial score (nSPS) is 11.1. The topological polar surface area (TPSA) is 58.6 Å². The van der Waals surface area contributed by atoms with E-state index in [1.54, 1.807) is 18.2 Å². The number of nitrogens with one attached hydrogen (secondary N) is 1. The lowest BCUT2D eigenvalue weighted by atomic mass is 10.1. The number of carbonyl (C=O) groups excluding carboxylic acids is 1. The van der Waals surface area contributed by atoms with Crippen molar-refractivity contribution in [2.24, 2.45) is 5.92 Å². The summed E-state index contributed by atoms with van der Waals surface area (Å²) in [5.74, 6) is 1.20. The molecule has 23 heavy (non-hydrogen) atoms. The van der Waals surface area contributed by atoms with Crippen molar-refractivity contribution in [1.29, 1.82) is 0 Å². The zero-order valence-electron chi connectivity index (χ0n) is 14.5. The first-order chi connectivity index (χ1) is 11.0. The highest BCUT2D eigenvalue weighted by Crippen LogP contribution is 2.26. The summed E-state index contributed by atoms with van der Waals surface area (Å²) in [6.45, 7) is 4.79. The van der Waals surface area contributed by atoms with Crippen molar-refractivity contribution in [2.75, 3.05) is 7.11 Å². The molecule has 0 spiro atoms. The Labute approximate surface area is 139 Å². The molecule has 1 amide bonds. The van der Waals surface area contributed by atoms with Crippen LogP contribution in [0.15, 0.2) is 30.4 Å². The maximum atomic E-state index is 11.8. The van der Waals surface area contributed by atoms with Crippen LogP contribution in [0.4, 0.5) is 0 Å². The molecule has 2 N–H and O–H groups in total. The van der Waals surface area contributed by atoms with E-state index in [2.05, 4.69) is 31.3 Å². The van der Waals surface area contributed by atoms with Crippen molar-refractivity contribution in [2.45, 2.75) is 52.5 Å². The maximum absolute atomic E-state index is 11.8. The lowest BCUT2D eigenvalue weighted by Crippen LogP contribution is -2.22. The number of carbonyl (C=O) groups is 1. The number of methoxy groups -OCH3 is 1. The Kier molecular flexibility index (Phi) is 8.88. The van der Waals surface area contributed by atoms with Crippen LogP contribution in [0.5, 0.6) is 11.5 Å². The van der Waals surface area contributed by atoms with Crippen LogP contribution in [-0.2, 0) is 11.3 Å². The maximum Gasteiger partial charge on any atom is 0.220 e. The molecule has 0 aliphatic carbocycles. The number of hydrogen-bond acceptors (Lipinski definition) is 3. The van der Waals surface area contributed by atoms with Gasteiger partial charge in [0.25, 0.3) is 0 Å². The Hall–Kier alpha value is -1.97. The molecule has 0 fully saturated rings. The van der Waals surface area contributed by atoms with Gasteiger partial charge in [-0.1, -0.05) is 38.5 Å². The van der Waals surface area contributed by atoms with E-state index < -0.39 is 0 Å². The third kappa shape index (κ3) is 8.29. The van der Waals surface area contributed by atoms with Crippen LogP contribution in [0.3, 0.4) is 0 Å². The standard InChI is InChI=1S/C19H29NO3/c1-15(2)9-7-5-4-6-8-10-19(22)20-14-16-11-12-17(21)18(13-16)23-3/h7,9,11-13,15,21H,4-6,8,10,14H2,1-3H3,(H,20,22)/b9-7-. The van der Waals surface area contributed by atoms with E-state index in [0.29, 0.717) is 24.6 Å². The van der Waals surface area contributed by atoms with Gasteiger partial charge in [-0.25, -0.2) is 0 Å². The van der Waals surface area contributed by atoms with Gasteiger partial charge >= 0.3 is 0 Å². The fraction of sp³-hybridized carbons (Fsp3) is 0.526. The number of unbranched alkanes of at least 4 members (excludes halogenated alkanes) is 3. The number of hydrogen-bond donors (Lipinski definition) is 2. The average Bonchev–Trinajstić information content (AvgIpc) is 2.52. The van der Waals surface area contributed by atoms with E-state index >= 15 is 0 Å². The number of amides is 1. The smallest absolute Gasteiger partial charge is 0.220 e. The van der Waals surface area contributed by atoms with Crippen LogP contribution >= 0.6 is 0 Å². The molecule has 0 atom stereocenters. The van der Waals surface area contributed by atoms with Gasteiger partial charge in [0.05, 0.1) is 7.11 Å². The van der Waals surface area contributed by atoms with Crippen LogP contribution in [-0.4, -0.2) is 18.1 Å². The SMILES string of the molecule is COc1cc(CNC(=O)CCCCC/C=C\C(C)C)ccc1O. The van der Waals surface area contributed by atoms with Gasteiger partial charge in [0.15, 0.2) is 11.5 Å². The zero-order valence-corrected chi connectivity index (χ0v) is 14.5. The van der Waals surface area contributed by atoms with E-state index in [-0.39, 0.29) is 11.7 Å². The number of aromatic hydroxyl groups is 1. The first kappa shape index (κ1) is 19.1. The van der Waals surface area contributed by atoms with E-state index in [1.807, 2.05) is 0 Å². The van der Waals surface area contributed by atoms with Gasteiger partial charge < -0.3 is 15.2 Å². The predicted octanol–water partition coefficient (Wildman–Crippen LogP) is 4.18. The van der Waals surface area contributed by atoms with Crippen molar-refractivity contribution in [3.63, 3.8) is 0 Å². The van der Waals surface area contributed by atoms with Gasteiger partial charge in [-0.3, -0.25) is 4.79 Å². The van der Waals surface area contributed by atoms with Gasteiger partial charge in [0.2, 0.25) is 5.91 Å². The summed E-state index contributed by atoms with van der Waals surface area (Å²) in [6.07, 6.45) is 9.21. The second-order valence-corrected chi connectivity index (χ2v) is 6.05. The largest absolute Gasteiger partial charge is 0.504 e. The lowest BCUT2D eigenvalue weighted by molar-refractivity contribution is -0.121. The Morgan fingerprint density at radius 1 is 1.30 bits per heavy atom. The minimum atomic E-state index is 0.0646. The summed E-state index contributed by atoms with van der Waals surface area (Å²) in [5.41, 5.74) is 0.909. The van der Waals surface area contributed by atoms with Crippen LogP contribution in [0.2, 0.25) is 0 Å². The van der Waals surface area contributed by atoms with Crippen LogP contribution in [0.25, 0.3) is 0 Å². The fourth-order valence-corrected chi connectivity index (χ4v) is 2.21. The molecule has 0 saturated heterocycles. The van der Waals surface area contributed by atoms with Crippen LogP contribution < -0.4 is 10.1 Å². The highest BCUT2D eigenvalue weighted by atomic mass is 16.5. The predicted molar refractivity (Wildman–Crippen MR) is 93.6 cm³/mol. The van der Waals surface area contributed by atoms with Crippen LogP contribution in [0, 0.1) is 5.92 Å². The van der Waals surface area contributed by atoms with Crippen molar-refractivity contribution >= 4 is 5.91 Å². The number of ether oxygens (including phenoxy) is 1. The molecule has 0 bridgehead atoms. The highest BCUT2D eigenvalue weighted by Gasteiger charge is 2.05. The highest BCUT2D eigenvalue weighted by molar-refractivity contribution is 5.75. The first-order valence-corrected chi connectivity index (χ1v) is 8.32. The molecule has 0 aromatic heterocycles. The monoisotopic (exact) mass is 319 g/mol. The Morgan fingerprint density at radius 3 is 2.78 bits per heavy atom. The number of allylic oxidation sites excluding steroid dienone is 2. The number of phenols is 1. The number of phenolic OH excluding ortho intramolecular Hbond substituents is 1. The third-order valence-corrected chi connectivity index (χ3v) is 3.53.